The van der Waals surface area contributed by atoms with Crippen LogP contribution in [0.25, 0.3) is 0 Å². The van der Waals surface area contributed by atoms with Crippen molar-refractivity contribution < 1.29 is 14.6 Å². The quantitative estimate of drug-likeness (QED) is 0.686. The Morgan fingerprint density at radius 3 is 3.00 bits per heavy atom. The lowest BCUT2D eigenvalue weighted by molar-refractivity contribution is -0.139. The molecule has 1 aliphatic heterocycles. The van der Waals surface area contributed by atoms with E-state index >= 15 is 0 Å². The van der Waals surface area contributed by atoms with Gasteiger partial charge in [0.2, 0.25) is 0 Å². The summed E-state index contributed by atoms with van der Waals surface area (Å²) in [6, 6.07) is 0. The van der Waals surface area contributed by atoms with E-state index in [4.69, 9.17) is 20.3 Å². The summed E-state index contributed by atoms with van der Waals surface area (Å²) in [6.07, 6.45) is 4.14. The first kappa shape index (κ1) is 12.9. The van der Waals surface area contributed by atoms with Crippen molar-refractivity contribution >= 4 is 0 Å². The molecule has 0 bridgehead atoms. The van der Waals surface area contributed by atoms with E-state index in [1.54, 1.807) is 0 Å². The summed E-state index contributed by atoms with van der Waals surface area (Å²) in [4.78, 5) is 0. The van der Waals surface area contributed by atoms with Crippen LogP contribution in [0.2, 0.25) is 0 Å². The normalized spacial score (nSPS) is 31.8. The van der Waals surface area contributed by atoms with Crippen molar-refractivity contribution in [3.8, 4) is 0 Å². The number of rotatable bonds is 6. The van der Waals surface area contributed by atoms with Gasteiger partial charge >= 0.3 is 0 Å². The minimum Gasteiger partial charge on any atom is -0.394 e. The van der Waals surface area contributed by atoms with E-state index in [9.17, 15) is 0 Å². The average Bonchev–Trinajstić information content (AvgIpc) is 2.27. The number of ether oxygens (including phenoxy) is 2. The van der Waals surface area contributed by atoms with Crippen molar-refractivity contribution in [2.24, 2.45) is 5.73 Å². The van der Waals surface area contributed by atoms with Crippen LogP contribution in [0.3, 0.4) is 0 Å². The zero-order valence-corrected chi connectivity index (χ0v) is 9.58. The first-order chi connectivity index (χ1) is 7.26. The van der Waals surface area contributed by atoms with Gasteiger partial charge in [0.25, 0.3) is 0 Å². The lowest BCUT2D eigenvalue weighted by Gasteiger charge is -2.40. The first-order valence-electron chi connectivity index (χ1n) is 5.83. The molecule has 4 heteroatoms. The first-order valence-corrected chi connectivity index (χ1v) is 5.83. The Hall–Kier alpha value is -0.160. The maximum Gasteiger partial charge on any atom is 0.0851 e. The van der Waals surface area contributed by atoms with E-state index < -0.39 is 0 Å². The Bertz CT molecular complexity index is 175. The smallest absolute Gasteiger partial charge is 0.0851 e. The number of nitrogens with two attached hydrogens (primary N) is 1. The van der Waals surface area contributed by atoms with Gasteiger partial charge in [-0.1, -0.05) is 13.3 Å². The Kier molecular flexibility index (Phi) is 5.53. The molecular weight excluding hydrogens is 194 g/mol. The van der Waals surface area contributed by atoms with Gasteiger partial charge in [-0.3, -0.25) is 0 Å². The third kappa shape index (κ3) is 3.72. The van der Waals surface area contributed by atoms with Crippen LogP contribution in [0, 0.1) is 0 Å². The molecule has 0 aromatic carbocycles. The zero-order valence-electron chi connectivity index (χ0n) is 9.58. The van der Waals surface area contributed by atoms with E-state index in [2.05, 4.69) is 6.92 Å². The van der Waals surface area contributed by atoms with Gasteiger partial charge in [-0.05, 0) is 6.42 Å². The van der Waals surface area contributed by atoms with Gasteiger partial charge in [-0.15, -0.1) is 0 Å². The fourth-order valence-electron chi connectivity index (χ4n) is 2.13. The van der Waals surface area contributed by atoms with Crippen molar-refractivity contribution in [3.05, 3.63) is 0 Å². The minimum atomic E-state index is -0.263. The molecule has 0 aliphatic carbocycles. The largest absolute Gasteiger partial charge is 0.394 e. The molecule has 0 aromatic rings. The highest BCUT2D eigenvalue weighted by Crippen LogP contribution is 2.29. The summed E-state index contributed by atoms with van der Waals surface area (Å²) in [5.41, 5.74) is 5.51. The fourth-order valence-corrected chi connectivity index (χ4v) is 2.13. The summed E-state index contributed by atoms with van der Waals surface area (Å²) in [6.45, 7) is 3.80. The molecule has 3 N–H and O–H groups in total. The molecule has 0 amide bonds. The van der Waals surface area contributed by atoms with Gasteiger partial charge in [0.1, 0.15) is 0 Å². The predicted molar refractivity (Wildman–Crippen MR) is 58.7 cm³/mol. The molecule has 90 valence electrons. The molecule has 0 radical (unpaired) electrons. The number of hydrogen-bond acceptors (Lipinski definition) is 4. The van der Waals surface area contributed by atoms with Gasteiger partial charge in [0.15, 0.2) is 0 Å². The summed E-state index contributed by atoms with van der Waals surface area (Å²) < 4.78 is 11.3. The summed E-state index contributed by atoms with van der Waals surface area (Å²) in [5.74, 6) is 0. The zero-order chi connectivity index (χ0) is 11.1. The molecule has 1 heterocycles. The van der Waals surface area contributed by atoms with Crippen molar-refractivity contribution in [1.82, 2.24) is 0 Å². The maximum absolute atomic E-state index is 8.78. The van der Waals surface area contributed by atoms with Gasteiger partial charge < -0.3 is 20.3 Å². The highest BCUT2D eigenvalue weighted by Gasteiger charge is 2.36. The lowest BCUT2D eigenvalue weighted by atomic mass is 9.88. The molecule has 15 heavy (non-hydrogen) atoms. The van der Waals surface area contributed by atoms with Crippen LogP contribution in [0.5, 0.6) is 0 Å². The monoisotopic (exact) mass is 217 g/mol. The van der Waals surface area contributed by atoms with E-state index in [1.807, 2.05) is 0 Å². The molecule has 1 fully saturated rings. The van der Waals surface area contributed by atoms with Crippen LogP contribution < -0.4 is 5.73 Å². The molecule has 2 atom stereocenters. The van der Waals surface area contributed by atoms with Gasteiger partial charge in [0, 0.05) is 26.0 Å². The molecule has 1 saturated heterocycles. The summed E-state index contributed by atoms with van der Waals surface area (Å²) in [5, 5.41) is 8.78. The van der Waals surface area contributed by atoms with Crippen molar-refractivity contribution in [2.45, 2.75) is 44.3 Å². The van der Waals surface area contributed by atoms with E-state index in [0.29, 0.717) is 19.8 Å². The highest BCUT2D eigenvalue weighted by molar-refractivity contribution is 4.88. The molecular formula is C11H23NO3. The Morgan fingerprint density at radius 2 is 2.40 bits per heavy atom. The van der Waals surface area contributed by atoms with Gasteiger partial charge in [-0.2, -0.15) is 0 Å². The molecule has 4 nitrogen and oxygen atoms in total. The van der Waals surface area contributed by atoms with Gasteiger partial charge in [0.05, 0.1) is 24.9 Å². The second-order valence-corrected chi connectivity index (χ2v) is 4.19. The Morgan fingerprint density at radius 1 is 1.60 bits per heavy atom. The minimum absolute atomic E-state index is 0.0566. The van der Waals surface area contributed by atoms with E-state index in [0.717, 1.165) is 25.7 Å². The topological polar surface area (TPSA) is 64.7 Å². The van der Waals surface area contributed by atoms with Crippen molar-refractivity contribution in [3.63, 3.8) is 0 Å². The van der Waals surface area contributed by atoms with Crippen LogP contribution in [0.15, 0.2) is 0 Å². The summed E-state index contributed by atoms with van der Waals surface area (Å²) >= 11 is 0. The second kappa shape index (κ2) is 6.43. The number of aliphatic hydroxyl groups is 1. The maximum atomic E-state index is 8.78. The number of aliphatic hydroxyl groups excluding tert-OH is 1. The second-order valence-electron chi connectivity index (χ2n) is 4.19. The van der Waals surface area contributed by atoms with Crippen molar-refractivity contribution in [1.29, 1.82) is 0 Å². The van der Waals surface area contributed by atoms with E-state index in [1.165, 1.54) is 0 Å². The Labute approximate surface area is 91.7 Å². The van der Waals surface area contributed by atoms with Crippen LogP contribution in [-0.4, -0.2) is 43.2 Å². The Balaban J connectivity index is 2.47. The fraction of sp³-hybridized carbons (Fsp3) is 1.00. The molecule has 0 spiro atoms. The van der Waals surface area contributed by atoms with Crippen LogP contribution in [0.1, 0.15) is 32.6 Å². The lowest BCUT2D eigenvalue weighted by Crippen LogP contribution is -2.49. The SMILES string of the molecule is CCCC1CC(CN)(OCCO)CCO1. The third-order valence-electron chi connectivity index (χ3n) is 2.99. The third-order valence-corrected chi connectivity index (χ3v) is 2.99. The predicted octanol–water partition coefficient (Wildman–Crippen LogP) is 0.672. The standard InChI is InChI=1S/C11H23NO3/c1-2-3-10-8-11(9-12,4-6-14-10)15-7-5-13/h10,13H,2-9,12H2,1H3. The van der Waals surface area contributed by atoms with Gasteiger partial charge in [-0.25, -0.2) is 0 Å². The molecule has 1 rings (SSSR count). The van der Waals surface area contributed by atoms with Crippen LogP contribution >= 0.6 is 0 Å². The average molecular weight is 217 g/mol. The molecule has 1 aliphatic rings. The van der Waals surface area contributed by atoms with E-state index in [-0.39, 0.29) is 18.3 Å². The van der Waals surface area contributed by atoms with Crippen LogP contribution in [0.4, 0.5) is 0 Å². The summed E-state index contributed by atoms with van der Waals surface area (Å²) in [7, 11) is 0. The number of hydrogen-bond donors (Lipinski definition) is 2. The highest BCUT2D eigenvalue weighted by atomic mass is 16.5. The molecule has 0 saturated carbocycles. The molecule has 0 aromatic heterocycles. The molecule has 2 unspecified atom stereocenters. The van der Waals surface area contributed by atoms with Crippen LogP contribution in [-0.2, 0) is 9.47 Å². The van der Waals surface area contributed by atoms with Crippen molar-refractivity contribution in [2.75, 3.05) is 26.4 Å².